The van der Waals surface area contributed by atoms with Gasteiger partial charge in [0.05, 0.1) is 5.56 Å². The summed E-state index contributed by atoms with van der Waals surface area (Å²) in [4.78, 5) is 26.5. The van der Waals surface area contributed by atoms with Gasteiger partial charge in [-0.25, -0.2) is 9.97 Å². The summed E-state index contributed by atoms with van der Waals surface area (Å²) in [6.45, 7) is 3.67. The van der Waals surface area contributed by atoms with Crippen molar-refractivity contribution in [2.45, 2.75) is 19.5 Å². The monoisotopic (exact) mass is 550 g/mol. The number of hydrogen-bond acceptors (Lipinski definition) is 4. The molecule has 4 aromatic rings. The van der Waals surface area contributed by atoms with Crippen molar-refractivity contribution in [1.82, 2.24) is 14.9 Å². The molecule has 1 amide bonds. The average Bonchev–Trinajstić information content (AvgIpc) is 2.94. The predicted molar refractivity (Wildman–Crippen MR) is 146 cm³/mol. The highest BCUT2D eigenvalue weighted by Crippen LogP contribution is 2.31. The molecule has 0 N–H and O–H groups in total. The molecule has 9 heteroatoms. The van der Waals surface area contributed by atoms with Crippen molar-refractivity contribution in [3.05, 3.63) is 112 Å². The summed E-state index contributed by atoms with van der Waals surface area (Å²) >= 11 is 6.08. The van der Waals surface area contributed by atoms with Crippen LogP contribution in [0.5, 0.6) is 0 Å². The van der Waals surface area contributed by atoms with Crippen molar-refractivity contribution in [1.29, 1.82) is 0 Å². The highest BCUT2D eigenvalue weighted by molar-refractivity contribution is 6.30. The second kappa shape index (κ2) is 11.1. The van der Waals surface area contributed by atoms with Crippen molar-refractivity contribution in [3.63, 3.8) is 0 Å². The van der Waals surface area contributed by atoms with Gasteiger partial charge in [-0.15, -0.1) is 0 Å². The lowest BCUT2D eigenvalue weighted by Gasteiger charge is -2.36. The molecule has 3 aromatic carbocycles. The first-order valence-corrected chi connectivity index (χ1v) is 13.0. The minimum atomic E-state index is -4.50. The third-order valence-corrected chi connectivity index (χ3v) is 7.07. The van der Waals surface area contributed by atoms with Gasteiger partial charge in [0, 0.05) is 60.0 Å². The molecule has 0 bridgehead atoms. The molecule has 1 fully saturated rings. The molecule has 2 heterocycles. The van der Waals surface area contributed by atoms with E-state index in [0.29, 0.717) is 43.4 Å². The van der Waals surface area contributed by atoms with E-state index in [2.05, 4.69) is 17.0 Å². The minimum absolute atomic E-state index is 0.0333. The zero-order chi connectivity index (χ0) is 27.6. The SMILES string of the molecule is Cc1nc(-c2ccc(Cl)cc2)nc(N2CCN(C(=O)c3cccc(C(F)(F)F)c3)CC2)c1Cc1ccccc1. The number of rotatable bonds is 5. The van der Waals surface area contributed by atoms with Gasteiger partial charge in [-0.2, -0.15) is 13.2 Å². The number of piperazine rings is 1. The quantitative estimate of drug-likeness (QED) is 0.278. The number of aromatic nitrogens is 2. The molecule has 0 unspecified atom stereocenters. The normalized spacial score (nSPS) is 14.0. The van der Waals surface area contributed by atoms with Gasteiger partial charge in [0.25, 0.3) is 5.91 Å². The first-order valence-electron chi connectivity index (χ1n) is 12.6. The minimum Gasteiger partial charge on any atom is -0.353 e. The Labute approximate surface area is 229 Å². The van der Waals surface area contributed by atoms with Crippen molar-refractivity contribution < 1.29 is 18.0 Å². The Bertz CT molecular complexity index is 1470. The molecule has 0 atom stereocenters. The van der Waals surface area contributed by atoms with E-state index in [4.69, 9.17) is 21.6 Å². The van der Waals surface area contributed by atoms with Gasteiger partial charge >= 0.3 is 6.18 Å². The van der Waals surface area contributed by atoms with Crippen LogP contribution in [0.25, 0.3) is 11.4 Å². The Balaban J connectivity index is 1.41. The van der Waals surface area contributed by atoms with Crippen LogP contribution in [0.3, 0.4) is 0 Å². The largest absolute Gasteiger partial charge is 0.416 e. The van der Waals surface area contributed by atoms with Crippen molar-refractivity contribution >= 4 is 23.3 Å². The molecule has 1 saturated heterocycles. The first-order chi connectivity index (χ1) is 18.7. The van der Waals surface area contributed by atoms with Crippen LogP contribution in [0.1, 0.15) is 32.7 Å². The second-order valence-corrected chi connectivity index (χ2v) is 9.90. The molecule has 5 nitrogen and oxygen atoms in total. The van der Waals surface area contributed by atoms with Crippen LogP contribution in [-0.4, -0.2) is 47.0 Å². The molecular formula is C30H26ClF3N4O. The van der Waals surface area contributed by atoms with Gasteiger partial charge in [-0.1, -0.05) is 48.0 Å². The van der Waals surface area contributed by atoms with Crippen LogP contribution in [0.2, 0.25) is 5.02 Å². The molecule has 39 heavy (non-hydrogen) atoms. The van der Waals surface area contributed by atoms with Crippen molar-refractivity contribution in [2.75, 3.05) is 31.1 Å². The summed E-state index contributed by atoms with van der Waals surface area (Å²) in [7, 11) is 0. The Hall–Kier alpha value is -3.91. The Morgan fingerprint density at radius 1 is 0.897 bits per heavy atom. The molecule has 200 valence electrons. The topological polar surface area (TPSA) is 49.3 Å². The number of amides is 1. The van der Waals surface area contributed by atoms with E-state index in [-0.39, 0.29) is 5.56 Å². The Kier molecular flexibility index (Phi) is 7.57. The van der Waals surface area contributed by atoms with E-state index >= 15 is 0 Å². The molecule has 0 saturated carbocycles. The first kappa shape index (κ1) is 26.7. The number of anilines is 1. The summed E-state index contributed by atoms with van der Waals surface area (Å²) in [6.07, 6.45) is -3.86. The molecule has 5 rings (SSSR count). The van der Waals surface area contributed by atoms with Crippen LogP contribution in [0.15, 0.2) is 78.9 Å². The smallest absolute Gasteiger partial charge is 0.353 e. The van der Waals surface area contributed by atoms with Gasteiger partial charge in [0.2, 0.25) is 0 Å². The Morgan fingerprint density at radius 3 is 2.26 bits per heavy atom. The van der Waals surface area contributed by atoms with Crippen LogP contribution in [-0.2, 0) is 12.6 Å². The Morgan fingerprint density at radius 2 is 1.59 bits per heavy atom. The molecule has 1 aromatic heterocycles. The van der Waals surface area contributed by atoms with Crippen LogP contribution < -0.4 is 4.90 Å². The summed E-state index contributed by atoms with van der Waals surface area (Å²) < 4.78 is 39.5. The van der Waals surface area contributed by atoms with Gasteiger partial charge in [0.15, 0.2) is 5.82 Å². The van der Waals surface area contributed by atoms with Crippen LogP contribution in [0.4, 0.5) is 19.0 Å². The van der Waals surface area contributed by atoms with Crippen molar-refractivity contribution in [2.24, 2.45) is 0 Å². The van der Waals surface area contributed by atoms with Crippen LogP contribution >= 0.6 is 11.6 Å². The number of carbonyl (C=O) groups is 1. The predicted octanol–water partition coefficient (Wildman–Crippen LogP) is 6.68. The summed E-state index contributed by atoms with van der Waals surface area (Å²) in [5.41, 5.74) is 3.03. The maximum absolute atomic E-state index is 13.2. The maximum atomic E-state index is 13.2. The summed E-state index contributed by atoms with van der Waals surface area (Å²) in [5.74, 6) is 0.965. The van der Waals surface area contributed by atoms with E-state index in [0.717, 1.165) is 40.3 Å². The van der Waals surface area contributed by atoms with E-state index in [1.165, 1.54) is 12.1 Å². The number of halogens is 4. The molecule has 1 aliphatic rings. The summed E-state index contributed by atoms with van der Waals surface area (Å²) in [6, 6.07) is 22.0. The van der Waals surface area contributed by atoms with Gasteiger partial charge in [0.1, 0.15) is 5.82 Å². The molecule has 0 radical (unpaired) electrons. The third-order valence-electron chi connectivity index (χ3n) is 6.82. The average molecular weight is 551 g/mol. The fourth-order valence-electron chi connectivity index (χ4n) is 4.71. The molecule has 0 spiro atoms. The highest BCUT2D eigenvalue weighted by Gasteiger charge is 2.32. The second-order valence-electron chi connectivity index (χ2n) is 9.46. The van der Waals surface area contributed by atoms with E-state index in [1.54, 1.807) is 17.0 Å². The fourth-order valence-corrected chi connectivity index (χ4v) is 4.84. The number of aryl methyl sites for hydroxylation is 1. The van der Waals surface area contributed by atoms with Gasteiger partial charge < -0.3 is 9.80 Å². The molecular weight excluding hydrogens is 525 g/mol. The van der Waals surface area contributed by atoms with Gasteiger partial charge in [-0.3, -0.25) is 4.79 Å². The number of nitrogens with zero attached hydrogens (tertiary/aromatic N) is 4. The number of carbonyl (C=O) groups excluding carboxylic acids is 1. The van der Waals surface area contributed by atoms with E-state index in [9.17, 15) is 18.0 Å². The zero-order valence-electron chi connectivity index (χ0n) is 21.3. The van der Waals surface area contributed by atoms with Crippen LogP contribution in [0, 0.1) is 6.92 Å². The molecule has 0 aliphatic carbocycles. The van der Waals surface area contributed by atoms with Gasteiger partial charge in [-0.05, 0) is 55.0 Å². The number of benzene rings is 3. The number of alkyl halides is 3. The number of hydrogen-bond donors (Lipinski definition) is 0. The lowest BCUT2D eigenvalue weighted by Crippen LogP contribution is -2.49. The fraction of sp³-hybridized carbons (Fsp3) is 0.233. The standard InChI is InChI=1S/C30H26ClF3N4O/c1-20-26(18-21-6-3-2-4-7-21)28(36-27(35-20)22-10-12-25(31)13-11-22)37-14-16-38(17-15-37)29(39)23-8-5-9-24(19-23)30(32,33)34/h2-13,19H,14-18H2,1H3. The maximum Gasteiger partial charge on any atom is 0.416 e. The lowest BCUT2D eigenvalue weighted by molar-refractivity contribution is -0.137. The van der Waals surface area contributed by atoms with E-state index < -0.39 is 17.6 Å². The molecule has 1 aliphatic heterocycles. The van der Waals surface area contributed by atoms with E-state index in [1.807, 2.05) is 37.3 Å². The third kappa shape index (κ3) is 6.06. The van der Waals surface area contributed by atoms with Crippen molar-refractivity contribution in [3.8, 4) is 11.4 Å². The highest BCUT2D eigenvalue weighted by atomic mass is 35.5. The zero-order valence-corrected chi connectivity index (χ0v) is 22.0. The lowest BCUT2D eigenvalue weighted by atomic mass is 10.0. The summed E-state index contributed by atoms with van der Waals surface area (Å²) in [5, 5.41) is 0.623.